The summed E-state index contributed by atoms with van der Waals surface area (Å²) in [5.41, 5.74) is 0.159. The molecule has 0 aromatic heterocycles. The lowest BCUT2D eigenvalue weighted by Gasteiger charge is -2.19. The molecule has 0 aliphatic carbocycles. The summed E-state index contributed by atoms with van der Waals surface area (Å²) < 4.78 is 31.1. The molecule has 1 aromatic rings. The van der Waals surface area contributed by atoms with Gasteiger partial charge in [0.2, 0.25) is 10.0 Å². The standard InChI is InChI=1S/C11H12N2O3S/c1-9-13(6-7-16-9)17(14,15)11-5-3-2-4-10(11)8-12/h2-5,9H,6-7H2,1H3. The number of ether oxygens (including phenoxy) is 1. The molecule has 90 valence electrons. The molecule has 0 spiro atoms. The summed E-state index contributed by atoms with van der Waals surface area (Å²) in [7, 11) is -3.64. The van der Waals surface area contributed by atoms with Gasteiger partial charge in [0.05, 0.1) is 12.2 Å². The van der Waals surface area contributed by atoms with E-state index in [1.807, 2.05) is 6.07 Å². The maximum atomic E-state index is 12.3. The van der Waals surface area contributed by atoms with Gasteiger partial charge >= 0.3 is 0 Å². The lowest BCUT2D eigenvalue weighted by molar-refractivity contribution is 0.0846. The Kier molecular flexibility index (Phi) is 3.15. The van der Waals surface area contributed by atoms with Crippen LogP contribution in [0.2, 0.25) is 0 Å². The third-order valence-electron chi connectivity index (χ3n) is 2.67. The van der Waals surface area contributed by atoms with Crippen molar-refractivity contribution < 1.29 is 13.2 Å². The second-order valence-corrected chi connectivity index (χ2v) is 5.55. The molecular weight excluding hydrogens is 240 g/mol. The molecule has 0 amide bonds. The second-order valence-electron chi connectivity index (χ2n) is 3.69. The average Bonchev–Trinajstić information content (AvgIpc) is 2.76. The van der Waals surface area contributed by atoms with Gasteiger partial charge in [-0.15, -0.1) is 0 Å². The summed E-state index contributed by atoms with van der Waals surface area (Å²) in [6.45, 7) is 2.39. The molecule has 1 unspecified atom stereocenters. The van der Waals surface area contributed by atoms with E-state index in [-0.39, 0.29) is 10.5 Å². The number of rotatable bonds is 2. The molecule has 0 bridgehead atoms. The predicted molar refractivity (Wildman–Crippen MR) is 60.5 cm³/mol. The Labute approximate surface area is 100 Å². The highest BCUT2D eigenvalue weighted by Gasteiger charge is 2.34. The van der Waals surface area contributed by atoms with Crippen LogP contribution in [0, 0.1) is 11.3 Å². The minimum Gasteiger partial charge on any atom is -0.361 e. The van der Waals surface area contributed by atoms with Crippen molar-refractivity contribution in [3.05, 3.63) is 29.8 Å². The van der Waals surface area contributed by atoms with Gasteiger partial charge in [0, 0.05) is 6.54 Å². The first-order valence-corrected chi connectivity index (χ1v) is 6.64. The Morgan fingerprint density at radius 3 is 2.76 bits per heavy atom. The van der Waals surface area contributed by atoms with E-state index in [1.54, 1.807) is 19.1 Å². The summed E-state index contributed by atoms with van der Waals surface area (Å²) >= 11 is 0. The van der Waals surface area contributed by atoms with E-state index in [9.17, 15) is 8.42 Å². The fraction of sp³-hybridized carbons (Fsp3) is 0.364. The van der Waals surface area contributed by atoms with E-state index < -0.39 is 16.3 Å². The summed E-state index contributed by atoms with van der Waals surface area (Å²) in [4.78, 5) is 0.0415. The van der Waals surface area contributed by atoms with Crippen molar-refractivity contribution in [1.29, 1.82) is 5.26 Å². The molecule has 1 aliphatic rings. The summed E-state index contributed by atoms with van der Waals surface area (Å²) in [5, 5.41) is 8.93. The molecule has 0 saturated carbocycles. The first-order chi connectivity index (χ1) is 8.07. The maximum Gasteiger partial charge on any atom is 0.246 e. The summed E-state index contributed by atoms with van der Waals surface area (Å²) in [6.07, 6.45) is -0.480. The zero-order chi connectivity index (χ0) is 12.5. The molecule has 1 aromatic carbocycles. The fourth-order valence-electron chi connectivity index (χ4n) is 1.80. The van der Waals surface area contributed by atoms with E-state index in [0.717, 1.165) is 0 Å². The number of benzene rings is 1. The third-order valence-corrected chi connectivity index (χ3v) is 4.68. The van der Waals surface area contributed by atoms with Gasteiger partial charge in [0.1, 0.15) is 17.2 Å². The van der Waals surface area contributed by atoms with Gasteiger partial charge < -0.3 is 4.74 Å². The molecule has 2 rings (SSSR count). The van der Waals surface area contributed by atoms with Gasteiger partial charge in [-0.25, -0.2) is 8.42 Å². The van der Waals surface area contributed by atoms with Crippen LogP contribution < -0.4 is 0 Å². The van der Waals surface area contributed by atoms with Gasteiger partial charge in [-0.1, -0.05) is 12.1 Å². The van der Waals surface area contributed by atoms with Gasteiger partial charge in [-0.2, -0.15) is 9.57 Å². The van der Waals surface area contributed by atoms with Crippen molar-refractivity contribution >= 4 is 10.0 Å². The Morgan fingerprint density at radius 2 is 2.18 bits per heavy atom. The summed E-state index contributed by atoms with van der Waals surface area (Å²) in [6, 6.07) is 8.08. The highest BCUT2D eigenvalue weighted by Crippen LogP contribution is 2.24. The Bertz CT molecular complexity index is 562. The summed E-state index contributed by atoms with van der Waals surface area (Å²) in [5.74, 6) is 0. The highest BCUT2D eigenvalue weighted by atomic mass is 32.2. The second kappa shape index (κ2) is 4.45. The van der Waals surface area contributed by atoms with Crippen molar-refractivity contribution in [2.45, 2.75) is 18.0 Å². The minimum atomic E-state index is -3.64. The van der Waals surface area contributed by atoms with E-state index in [2.05, 4.69) is 0 Å². The smallest absolute Gasteiger partial charge is 0.246 e. The van der Waals surface area contributed by atoms with Crippen LogP contribution >= 0.6 is 0 Å². The molecule has 0 radical (unpaired) electrons. The zero-order valence-electron chi connectivity index (χ0n) is 9.33. The molecule has 1 heterocycles. The fourth-order valence-corrected chi connectivity index (χ4v) is 3.47. The molecule has 5 nitrogen and oxygen atoms in total. The quantitative estimate of drug-likeness (QED) is 0.785. The van der Waals surface area contributed by atoms with E-state index in [4.69, 9.17) is 10.00 Å². The molecular formula is C11H12N2O3S. The van der Waals surface area contributed by atoms with Crippen molar-refractivity contribution in [2.24, 2.45) is 0 Å². The monoisotopic (exact) mass is 252 g/mol. The van der Waals surface area contributed by atoms with E-state index in [1.165, 1.54) is 16.4 Å². The molecule has 1 fully saturated rings. The number of hydrogen-bond acceptors (Lipinski definition) is 4. The normalized spacial score (nSPS) is 21.3. The Balaban J connectivity index is 2.49. The molecule has 1 atom stereocenters. The van der Waals surface area contributed by atoms with Crippen molar-refractivity contribution in [2.75, 3.05) is 13.2 Å². The first kappa shape index (κ1) is 12.0. The van der Waals surface area contributed by atoms with Crippen molar-refractivity contribution in [1.82, 2.24) is 4.31 Å². The number of nitriles is 1. The van der Waals surface area contributed by atoms with Crippen molar-refractivity contribution in [3.8, 4) is 6.07 Å². The maximum absolute atomic E-state index is 12.3. The van der Waals surface area contributed by atoms with Gasteiger partial charge in [-0.3, -0.25) is 0 Å². The molecule has 17 heavy (non-hydrogen) atoms. The van der Waals surface area contributed by atoms with Crippen LogP contribution in [0.1, 0.15) is 12.5 Å². The number of sulfonamides is 1. The van der Waals surface area contributed by atoms with Crippen LogP contribution in [-0.4, -0.2) is 32.1 Å². The minimum absolute atomic E-state index is 0.0415. The molecule has 0 N–H and O–H groups in total. The highest BCUT2D eigenvalue weighted by molar-refractivity contribution is 7.89. The molecule has 1 aliphatic heterocycles. The van der Waals surface area contributed by atoms with E-state index >= 15 is 0 Å². The molecule has 1 saturated heterocycles. The van der Waals surface area contributed by atoms with Crippen LogP contribution in [-0.2, 0) is 14.8 Å². The lowest BCUT2D eigenvalue weighted by Crippen LogP contribution is -2.34. The molecule has 6 heteroatoms. The van der Waals surface area contributed by atoms with Gasteiger partial charge in [0.15, 0.2) is 0 Å². The average molecular weight is 252 g/mol. The van der Waals surface area contributed by atoms with Gasteiger partial charge in [0.25, 0.3) is 0 Å². The van der Waals surface area contributed by atoms with Crippen molar-refractivity contribution in [3.63, 3.8) is 0 Å². The van der Waals surface area contributed by atoms with Crippen LogP contribution in [0.25, 0.3) is 0 Å². The number of hydrogen-bond donors (Lipinski definition) is 0. The third kappa shape index (κ3) is 2.05. The first-order valence-electron chi connectivity index (χ1n) is 5.20. The topological polar surface area (TPSA) is 70.4 Å². The van der Waals surface area contributed by atoms with Gasteiger partial charge in [-0.05, 0) is 19.1 Å². The van der Waals surface area contributed by atoms with Crippen LogP contribution in [0.5, 0.6) is 0 Å². The zero-order valence-corrected chi connectivity index (χ0v) is 10.1. The largest absolute Gasteiger partial charge is 0.361 e. The predicted octanol–water partition coefficient (Wildman–Crippen LogP) is 0.925. The Morgan fingerprint density at radius 1 is 1.47 bits per heavy atom. The van der Waals surface area contributed by atoms with Crippen LogP contribution in [0.4, 0.5) is 0 Å². The van der Waals surface area contributed by atoms with E-state index in [0.29, 0.717) is 13.2 Å². The van der Waals surface area contributed by atoms with Crippen LogP contribution in [0.15, 0.2) is 29.2 Å². The Hall–Kier alpha value is -1.42. The lowest BCUT2D eigenvalue weighted by atomic mass is 10.2. The number of nitrogens with zero attached hydrogens (tertiary/aromatic N) is 2. The SMILES string of the molecule is CC1OCCN1S(=O)(=O)c1ccccc1C#N. The van der Waals surface area contributed by atoms with Crippen LogP contribution in [0.3, 0.4) is 0 Å².